The molecule has 3 heterocycles. The van der Waals surface area contributed by atoms with Crippen molar-refractivity contribution in [2.75, 3.05) is 4.90 Å². The third kappa shape index (κ3) is 3.68. The molecule has 0 N–H and O–H groups in total. The van der Waals surface area contributed by atoms with Crippen LogP contribution in [-0.4, -0.2) is 9.97 Å². The molecule has 3 heteroatoms. The molecular formula is C33H29N3. The Kier molecular flexibility index (Phi) is 5.22. The van der Waals surface area contributed by atoms with Gasteiger partial charge in [-0.3, -0.25) is 9.97 Å². The number of nitrogens with zero attached hydrogens (tertiary/aromatic N) is 3. The number of benzene rings is 3. The van der Waals surface area contributed by atoms with Crippen LogP contribution < -0.4 is 4.90 Å². The van der Waals surface area contributed by atoms with Crippen molar-refractivity contribution in [3.05, 3.63) is 126 Å². The maximum Gasteiger partial charge on any atom is 0.0702 e. The second kappa shape index (κ2) is 8.46. The summed E-state index contributed by atoms with van der Waals surface area (Å²) in [6.07, 6.45) is 5.55. The lowest BCUT2D eigenvalue weighted by atomic mass is 9.72. The van der Waals surface area contributed by atoms with Crippen molar-refractivity contribution >= 4 is 17.1 Å². The Hall–Kier alpha value is -4.24. The lowest BCUT2D eigenvalue weighted by Gasteiger charge is -2.42. The van der Waals surface area contributed by atoms with Crippen LogP contribution in [0.25, 0.3) is 22.4 Å². The van der Waals surface area contributed by atoms with Crippen LogP contribution in [0.5, 0.6) is 0 Å². The van der Waals surface area contributed by atoms with Gasteiger partial charge in [-0.15, -0.1) is 0 Å². The van der Waals surface area contributed by atoms with Gasteiger partial charge in [-0.2, -0.15) is 0 Å². The molecule has 3 aromatic carbocycles. The highest BCUT2D eigenvalue weighted by Crippen LogP contribution is 2.52. The van der Waals surface area contributed by atoms with E-state index in [9.17, 15) is 0 Å². The molecule has 0 radical (unpaired) electrons. The molecule has 6 rings (SSSR count). The number of fused-ring (bicyclic) bond motifs is 2. The summed E-state index contributed by atoms with van der Waals surface area (Å²) in [6, 6.07) is 30.6. The molecular weight excluding hydrogens is 438 g/mol. The van der Waals surface area contributed by atoms with E-state index in [1.165, 1.54) is 33.6 Å². The van der Waals surface area contributed by atoms with Crippen molar-refractivity contribution in [2.24, 2.45) is 0 Å². The minimum atomic E-state index is -0.105. The Bertz CT molecular complexity index is 1460. The van der Waals surface area contributed by atoms with Gasteiger partial charge in [0.25, 0.3) is 0 Å². The monoisotopic (exact) mass is 467 g/mol. The van der Waals surface area contributed by atoms with Crippen LogP contribution in [0, 0.1) is 13.8 Å². The topological polar surface area (TPSA) is 29.0 Å². The highest BCUT2D eigenvalue weighted by Gasteiger charge is 2.37. The van der Waals surface area contributed by atoms with Gasteiger partial charge in [0.05, 0.1) is 17.1 Å². The van der Waals surface area contributed by atoms with E-state index in [-0.39, 0.29) is 5.41 Å². The summed E-state index contributed by atoms with van der Waals surface area (Å²) in [6.45, 7) is 9.03. The van der Waals surface area contributed by atoms with Crippen LogP contribution >= 0.6 is 0 Å². The first-order valence-corrected chi connectivity index (χ1v) is 12.4. The molecule has 176 valence electrons. The first-order chi connectivity index (χ1) is 17.4. The predicted octanol–water partition coefficient (Wildman–Crippen LogP) is 8.54. The second-order valence-corrected chi connectivity index (χ2v) is 10.2. The van der Waals surface area contributed by atoms with E-state index >= 15 is 0 Å². The van der Waals surface area contributed by atoms with Crippen molar-refractivity contribution in [1.29, 1.82) is 0 Å². The Morgan fingerprint density at radius 2 is 1.25 bits per heavy atom. The smallest absolute Gasteiger partial charge is 0.0702 e. The zero-order valence-corrected chi connectivity index (χ0v) is 21.2. The molecule has 0 spiro atoms. The van der Waals surface area contributed by atoms with Gasteiger partial charge in [0.1, 0.15) is 0 Å². The van der Waals surface area contributed by atoms with Crippen LogP contribution in [0.1, 0.15) is 36.1 Å². The van der Waals surface area contributed by atoms with E-state index in [1.807, 2.05) is 30.7 Å². The van der Waals surface area contributed by atoms with Gasteiger partial charge in [-0.1, -0.05) is 55.3 Å². The van der Waals surface area contributed by atoms with Gasteiger partial charge in [0, 0.05) is 35.3 Å². The lowest BCUT2D eigenvalue weighted by molar-refractivity contribution is 0.630. The third-order valence-electron chi connectivity index (χ3n) is 7.28. The zero-order chi connectivity index (χ0) is 24.9. The van der Waals surface area contributed by atoms with E-state index in [2.05, 4.69) is 115 Å². The van der Waals surface area contributed by atoms with Crippen molar-refractivity contribution in [1.82, 2.24) is 9.97 Å². The Balaban J connectivity index is 1.65. The largest absolute Gasteiger partial charge is 0.310 e. The van der Waals surface area contributed by atoms with Crippen LogP contribution in [0.15, 0.2) is 104 Å². The third-order valence-corrected chi connectivity index (χ3v) is 7.28. The van der Waals surface area contributed by atoms with Crippen molar-refractivity contribution < 1.29 is 0 Å². The minimum absolute atomic E-state index is 0.105. The number of anilines is 3. The molecule has 3 nitrogen and oxygen atoms in total. The summed E-state index contributed by atoms with van der Waals surface area (Å²) in [4.78, 5) is 11.3. The normalized spacial score (nSPS) is 13.7. The fraction of sp³-hybridized carbons (Fsp3) is 0.152. The standard InChI is InChI=1S/C33H29N3/c1-22-8-10-31-28(17-22)33(3,4)29-18-23(2)9-11-32(29)36(31)27-20-25(24-12-15-34-16-13-24)19-26(21-27)30-7-5-6-14-35-30/h5-21H,1-4H3. The van der Waals surface area contributed by atoms with Gasteiger partial charge in [-0.25, -0.2) is 0 Å². The van der Waals surface area contributed by atoms with Crippen molar-refractivity contribution in [3.8, 4) is 22.4 Å². The Labute approximate surface area is 213 Å². The highest BCUT2D eigenvalue weighted by atomic mass is 15.2. The molecule has 0 unspecified atom stereocenters. The van der Waals surface area contributed by atoms with Crippen LogP contribution in [0.4, 0.5) is 17.1 Å². The molecule has 1 aliphatic heterocycles. The number of aromatic nitrogens is 2. The summed E-state index contributed by atoms with van der Waals surface area (Å²) in [7, 11) is 0. The number of aryl methyl sites for hydroxylation is 2. The summed E-state index contributed by atoms with van der Waals surface area (Å²) < 4.78 is 0. The Morgan fingerprint density at radius 1 is 0.611 bits per heavy atom. The first kappa shape index (κ1) is 22.2. The molecule has 1 aliphatic rings. The van der Waals surface area contributed by atoms with E-state index in [1.54, 1.807) is 0 Å². The molecule has 5 aromatic rings. The summed E-state index contributed by atoms with van der Waals surface area (Å²) in [5.74, 6) is 0. The van der Waals surface area contributed by atoms with Crippen LogP contribution in [-0.2, 0) is 5.41 Å². The maximum absolute atomic E-state index is 4.67. The van der Waals surface area contributed by atoms with E-state index in [4.69, 9.17) is 0 Å². The van der Waals surface area contributed by atoms with Crippen LogP contribution in [0.2, 0.25) is 0 Å². The van der Waals surface area contributed by atoms with E-state index in [0.29, 0.717) is 0 Å². The average Bonchev–Trinajstić information content (AvgIpc) is 2.90. The number of hydrogen-bond donors (Lipinski definition) is 0. The summed E-state index contributed by atoms with van der Waals surface area (Å²) >= 11 is 0. The number of pyridine rings is 2. The van der Waals surface area contributed by atoms with Gasteiger partial charge in [0.15, 0.2) is 0 Å². The molecule has 0 bridgehead atoms. The van der Waals surface area contributed by atoms with Crippen molar-refractivity contribution in [3.63, 3.8) is 0 Å². The van der Waals surface area contributed by atoms with Gasteiger partial charge >= 0.3 is 0 Å². The SMILES string of the molecule is Cc1ccc2c(c1)C(C)(C)c1cc(C)ccc1N2c1cc(-c2ccncc2)cc(-c2ccccn2)c1. The highest BCUT2D eigenvalue weighted by molar-refractivity contribution is 5.89. The number of hydrogen-bond acceptors (Lipinski definition) is 3. The molecule has 0 atom stereocenters. The Morgan fingerprint density at radius 3 is 1.86 bits per heavy atom. The fourth-order valence-corrected chi connectivity index (χ4v) is 5.38. The number of rotatable bonds is 3. The summed E-state index contributed by atoms with van der Waals surface area (Å²) in [5, 5.41) is 0. The van der Waals surface area contributed by atoms with Gasteiger partial charge in [-0.05, 0) is 90.7 Å². The van der Waals surface area contributed by atoms with Gasteiger partial charge < -0.3 is 4.90 Å². The average molecular weight is 468 g/mol. The first-order valence-electron chi connectivity index (χ1n) is 12.4. The summed E-state index contributed by atoms with van der Waals surface area (Å²) in [5.41, 5.74) is 13.0. The van der Waals surface area contributed by atoms with Gasteiger partial charge in [0.2, 0.25) is 0 Å². The second-order valence-electron chi connectivity index (χ2n) is 10.2. The minimum Gasteiger partial charge on any atom is -0.310 e. The molecule has 0 saturated heterocycles. The fourth-order valence-electron chi connectivity index (χ4n) is 5.38. The predicted molar refractivity (Wildman–Crippen MR) is 149 cm³/mol. The van der Waals surface area contributed by atoms with Crippen molar-refractivity contribution in [2.45, 2.75) is 33.1 Å². The van der Waals surface area contributed by atoms with E-state index in [0.717, 1.165) is 28.1 Å². The van der Waals surface area contributed by atoms with E-state index < -0.39 is 0 Å². The lowest BCUT2D eigenvalue weighted by Crippen LogP contribution is -2.31. The molecule has 0 saturated carbocycles. The molecule has 0 aliphatic carbocycles. The maximum atomic E-state index is 4.67. The quantitative estimate of drug-likeness (QED) is 0.266. The molecule has 36 heavy (non-hydrogen) atoms. The van der Waals surface area contributed by atoms with Crippen LogP contribution in [0.3, 0.4) is 0 Å². The molecule has 0 fully saturated rings. The molecule has 0 amide bonds. The zero-order valence-electron chi connectivity index (χ0n) is 21.2. The molecule has 2 aromatic heterocycles.